The van der Waals surface area contributed by atoms with E-state index in [0.717, 1.165) is 32.9 Å². The van der Waals surface area contributed by atoms with Gasteiger partial charge in [-0.3, -0.25) is 19.2 Å². The number of sulfone groups is 1. The average Bonchev–Trinajstić information content (AvgIpc) is 2.94. The summed E-state index contributed by atoms with van der Waals surface area (Å²) in [6.07, 6.45) is 0.295. The lowest BCUT2D eigenvalue weighted by Gasteiger charge is -2.24. The number of hydrogen-bond acceptors (Lipinski definition) is 9. The number of nitrogens with zero attached hydrogens (tertiary/aromatic N) is 1. The van der Waals surface area contributed by atoms with Crippen molar-refractivity contribution < 1.29 is 41.8 Å². The fourth-order valence-electron chi connectivity index (χ4n) is 2.86. The Labute approximate surface area is 167 Å². The van der Waals surface area contributed by atoms with Crippen LogP contribution < -0.4 is 14.2 Å². The van der Waals surface area contributed by atoms with E-state index in [4.69, 9.17) is 14.2 Å². The minimum absolute atomic E-state index is 0.0158. The van der Waals surface area contributed by atoms with Crippen LogP contribution in [-0.2, 0) is 24.2 Å². The zero-order chi connectivity index (χ0) is 21.9. The number of carbonyl (C=O) groups is 4. The molecule has 0 saturated carbocycles. The van der Waals surface area contributed by atoms with Crippen molar-refractivity contribution in [3.8, 4) is 17.2 Å². The normalized spacial score (nSPS) is 17.3. The third-order valence-corrected chi connectivity index (χ3v) is 5.85. The van der Waals surface area contributed by atoms with Crippen molar-refractivity contribution >= 4 is 33.7 Å². The molecule has 11 heteroatoms. The number of ether oxygens (including phenoxy) is 3. The Morgan fingerprint density at radius 3 is 1.79 bits per heavy atom. The lowest BCUT2D eigenvalue weighted by Crippen LogP contribution is -2.37. The Balaban J connectivity index is 2.50. The molecule has 0 bridgehead atoms. The van der Waals surface area contributed by atoms with E-state index in [2.05, 4.69) is 0 Å². The number of amides is 1. The molecule has 0 spiro atoms. The highest BCUT2D eigenvalue weighted by atomic mass is 32.2. The van der Waals surface area contributed by atoms with Crippen LogP contribution in [-0.4, -0.2) is 61.7 Å². The fraction of sp³-hybridized carbons (Fsp3) is 0.444. The first kappa shape index (κ1) is 22.3. The van der Waals surface area contributed by atoms with Gasteiger partial charge in [-0.25, -0.2) is 8.42 Å². The van der Waals surface area contributed by atoms with Crippen molar-refractivity contribution in [1.82, 2.24) is 4.90 Å². The maximum atomic E-state index is 12.9. The molecular weight excluding hydrogens is 406 g/mol. The van der Waals surface area contributed by atoms with Gasteiger partial charge in [-0.2, -0.15) is 0 Å². The Kier molecular flexibility index (Phi) is 6.62. The lowest BCUT2D eigenvalue weighted by atomic mass is 10.1. The van der Waals surface area contributed by atoms with E-state index in [1.807, 2.05) is 0 Å². The highest BCUT2D eigenvalue weighted by molar-refractivity contribution is 7.91. The molecule has 10 nitrogen and oxygen atoms in total. The van der Waals surface area contributed by atoms with E-state index < -0.39 is 39.7 Å². The first-order valence-corrected chi connectivity index (χ1v) is 10.4. The molecule has 158 valence electrons. The molecule has 2 rings (SSSR count). The van der Waals surface area contributed by atoms with Crippen LogP contribution in [0.3, 0.4) is 0 Å². The molecule has 1 saturated heterocycles. The molecule has 1 aliphatic heterocycles. The lowest BCUT2D eigenvalue weighted by molar-refractivity contribution is -0.135. The molecule has 0 unspecified atom stereocenters. The molecule has 0 aromatic heterocycles. The minimum Gasteiger partial charge on any atom is -0.423 e. The van der Waals surface area contributed by atoms with Gasteiger partial charge < -0.3 is 19.1 Å². The Bertz CT molecular complexity index is 931. The van der Waals surface area contributed by atoms with E-state index in [9.17, 15) is 27.6 Å². The maximum absolute atomic E-state index is 12.9. The molecule has 1 atom stereocenters. The van der Waals surface area contributed by atoms with Crippen LogP contribution >= 0.6 is 0 Å². The van der Waals surface area contributed by atoms with Crippen LogP contribution in [0, 0.1) is 0 Å². The number of benzene rings is 1. The second-order valence-corrected chi connectivity index (χ2v) is 8.78. The van der Waals surface area contributed by atoms with Crippen molar-refractivity contribution in [2.75, 3.05) is 18.6 Å². The summed E-state index contributed by atoms with van der Waals surface area (Å²) in [5, 5.41) is 0. The largest absolute Gasteiger partial charge is 0.423 e. The van der Waals surface area contributed by atoms with Crippen molar-refractivity contribution in [3.05, 3.63) is 17.7 Å². The number of hydrogen-bond donors (Lipinski definition) is 0. The highest BCUT2D eigenvalue weighted by Crippen LogP contribution is 2.40. The maximum Gasteiger partial charge on any atom is 0.308 e. The van der Waals surface area contributed by atoms with Gasteiger partial charge in [0, 0.05) is 39.4 Å². The first-order chi connectivity index (χ1) is 13.4. The van der Waals surface area contributed by atoms with Gasteiger partial charge in [-0.15, -0.1) is 0 Å². The summed E-state index contributed by atoms with van der Waals surface area (Å²) < 4.78 is 38.5. The SMILES string of the molecule is CC(=O)Oc1cc(C(=O)N(C)[C@@H]2CCS(=O)(=O)C2)cc(OC(C)=O)c1OC(C)=O. The van der Waals surface area contributed by atoms with Gasteiger partial charge in [0.15, 0.2) is 21.3 Å². The topological polar surface area (TPSA) is 133 Å². The van der Waals surface area contributed by atoms with Gasteiger partial charge in [-0.1, -0.05) is 0 Å². The molecule has 0 aliphatic carbocycles. The van der Waals surface area contributed by atoms with E-state index in [1.165, 1.54) is 11.9 Å². The van der Waals surface area contributed by atoms with E-state index >= 15 is 0 Å². The highest BCUT2D eigenvalue weighted by Gasteiger charge is 2.34. The molecule has 0 N–H and O–H groups in total. The summed E-state index contributed by atoms with van der Waals surface area (Å²) in [6.45, 7) is 3.31. The second-order valence-electron chi connectivity index (χ2n) is 6.56. The third-order valence-electron chi connectivity index (χ3n) is 4.10. The zero-order valence-electron chi connectivity index (χ0n) is 16.4. The Morgan fingerprint density at radius 2 is 1.41 bits per heavy atom. The van der Waals surface area contributed by atoms with Gasteiger partial charge >= 0.3 is 17.9 Å². The summed E-state index contributed by atoms with van der Waals surface area (Å²) in [7, 11) is -1.77. The van der Waals surface area contributed by atoms with Crippen LogP contribution in [0.15, 0.2) is 12.1 Å². The molecule has 1 aromatic carbocycles. The van der Waals surface area contributed by atoms with E-state index in [1.54, 1.807) is 0 Å². The zero-order valence-corrected chi connectivity index (χ0v) is 17.2. The van der Waals surface area contributed by atoms with Crippen LogP contribution in [0.2, 0.25) is 0 Å². The van der Waals surface area contributed by atoms with Crippen molar-refractivity contribution in [2.45, 2.75) is 33.2 Å². The monoisotopic (exact) mass is 427 g/mol. The molecular formula is C18H21NO9S. The average molecular weight is 427 g/mol. The summed E-state index contributed by atoms with van der Waals surface area (Å²) >= 11 is 0. The van der Waals surface area contributed by atoms with E-state index in [0.29, 0.717) is 6.42 Å². The summed E-state index contributed by atoms with van der Waals surface area (Å²) in [5.41, 5.74) is -0.0415. The quantitative estimate of drug-likeness (QED) is 0.492. The third kappa shape index (κ3) is 5.76. The Morgan fingerprint density at radius 1 is 0.931 bits per heavy atom. The number of carbonyl (C=O) groups excluding carboxylic acids is 4. The molecule has 1 amide bonds. The molecule has 1 heterocycles. The second kappa shape index (κ2) is 8.60. The van der Waals surface area contributed by atoms with Crippen LogP contribution in [0.5, 0.6) is 17.2 Å². The predicted molar refractivity (Wildman–Crippen MR) is 99.5 cm³/mol. The van der Waals surface area contributed by atoms with Crippen molar-refractivity contribution in [1.29, 1.82) is 0 Å². The summed E-state index contributed by atoms with van der Waals surface area (Å²) in [6, 6.07) is 1.80. The van der Waals surface area contributed by atoms with Crippen LogP contribution in [0.1, 0.15) is 37.6 Å². The van der Waals surface area contributed by atoms with E-state index in [-0.39, 0.29) is 34.3 Å². The van der Waals surface area contributed by atoms with Gasteiger partial charge in [0.05, 0.1) is 11.5 Å². The smallest absolute Gasteiger partial charge is 0.308 e. The molecule has 1 aliphatic rings. The standard InChI is InChI=1S/C18H21NO9S/c1-10(20)26-15-7-13(8-16(27-11(2)21)17(15)28-12(3)22)18(23)19(4)14-5-6-29(24,25)9-14/h7-8,14H,5-6,9H2,1-4H3/t14-/m1/s1. The van der Waals surface area contributed by atoms with Gasteiger partial charge in [0.1, 0.15) is 0 Å². The summed E-state index contributed by atoms with van der Waals surface area (Å²) in [4.78, 5) is 48.5. The molecule has 1 fully saturated rings. The van der Waals surface area contributed by atoms with Crippen molar-refractivity contribution in [3.63, 3.8) is 0 Å². The van der Waals surface area contributed by atoms with Crippen LogP contribution in [0.4, 0.5) is 0 Å². The molecule has 0 radical (unpaired) electrons. The fourth-order valence-corrected chi connectivity index (χ4v) is 4.63. The van der Waals surface area contributed by atoms with Gasteiger partial charge in [-0.05, 0) is 18.6 Å². The van der Waals surface area contributed by atoms with Crippen LogP contribution in [0.25, 0.3) is 0 Å². The molecule has 1 aromatic rings. The Hall–Kier alpha value is -2.95. The minimum atomic E-state index is -3.21. The van der Waals surface area contributed by atoms with Crippen molar-refractivity contribution in [2.24, 2.45) is 0 Å². The van der Waals surface area contributed by atoms with Gasteiger partial charge in [0.25, 0.3) is 5.91 Å². The summed E-state index contributed by atoms with van der Waals surface area (Å²) in [5.74, 6) is -3.94. The number of rotatable bonds is 5. The number of esters is 3. The molecule has 29 heavy (non-hydrogen) atoms. The predicted octanol–water partition coefficient (Wildman–Crippen LogP) is 0.722. The van der Waals surface area contributed by atoms with Gasteiger partial charge in [0.2, 0.25) is 5.75 Å². The first-order valence-electron chi connectivity index (χ1n) is 8.60.